The molecule has 0 aliphatic heterocycles. The largest absolute Gasteiger partial charge is 0.458 e. The second-order valence-electron chi connectivity index (χ2n) is 9.37. The van der Waals surface area contributed by atoms with Crippen molar-refractivity contribution in [2.24, 2.45) is 5.92 Å². The number of esters is 1. The lowest BCUT2D eigenvalue weighted by Gasteiger charge is -2.42. The number of hydrogen-bond donors (Lipinski definition) is 1. The van der Waals surface area contributed by atoms with Crippen molar-refractivity contribution >= 4 is 14.3 Å². The molecule has 0 saturated heterocycles. The van der Waals surface area contributed by atoms with Crippen LogP contribution in [0.25, 0.3) is 0 Å². The molecule has 6 heteroatoms. The van der Waals surface area contributed by atoms with Gasteiger partial charge in [-0.05, 0) is 45.3 Å². The average Bonchev–Trinajstić information content (AvgIpc) is 2.42. The summed E-state index contributed by atoms with van der Waals surface area (Å²) in [7, 11) is -0.687. The molecule has 0 spiro atoms. The summed E-state index contributed by atoms with van der Waals surface area (Å²) >= 11 is 0. The molecule has 1 N–H and O–H groups in total. The first-order valence-electron chi connectivity index (χ1n) is 9.19. The Labute approximate surface area is 155 Å². The number of aliphatic hydroxyl groups excluding tert-OH is 1. The van der Waals surface area contributed by atoms with E-state index in [0.717, 1.165) is 0 Å². The van der Waals surface area contributed by atoms with Crippen LogP contribution in [0, 0.1) is 5.92 Å². The molecule has 4 atom stereocenters. The maximum atomic E-state index is 12.9. The molecule has 0 rings (SSSR count). The van der Waals surface area contributed by atoms with Crippen LogP contribution in [0.5, 0.6) is 0 Å². The number of carbonyl (C=O) groups is 1. The van der Waals surface area contributed by atoms with Crippen LogP contribution in [-0.2, 0) is 18.7 Å². The fraction of sp³-hybridized carbons (Fsp3) is 0.947. The Hall–Kier alpha value is -0.433. The molecule has 0 aliphatic rings. The predicted octanol–water partition coefficient (Wildman–Crippen LogP) is 4.14. The van der Waals surface area contributed by atoms with E-state index in [9.17, 15) is 9.90 Å². The van der Waals surface area contributed by atoms with Gasteiger partial charge in [-0.3, -0.25) is 0 Å². The number of carbonyl (C=O) groups excluding carboxylic acids is 1. The summed E-state index contributed by atoms with van der Waals surface area (Å²) in [6, 6.07) is 0. The summed E-state index contributed by atoms with van der Waals surface area (Å²) in [5.41, 5.74) is -0.614. The molecule has 25 heavy (non-hydrogen) atoms. The maximum Gasteiger partial charge on any atom is 0.337 e. The third-order valence-electron chi connectivity index (χ3n) is 4.98. The monoisotopic (exact) mass is 376 g/mol. The van der Waals surface area contributed by atoms with E-state index < -0.39 is 38.2 Å². The minimum atomic E-state index is -2.24. The summed E-state index contributed by atoms with van der Waals surface area (Å²) in [5.74, 6) is -0.684. The number of methoxy groups -OCH3 is 1. The summed E-state index contributed by atoms with van der Waals surface area (Å²) in [5, 5.41) is 10.2. The van der Waals surface area contributed by atoms with Gasteiger partial charge in [0.25, 0.3) is 0 Å². The number of aliphatic hydroxyl groups is 1. The van der Waals surface area contributed by atoms with E-state index in [-0.39, 0.29) is 11.0 Å². The van der Waals surface area contributed by atoms with Crippen molar-refractivity contribution in [3.8, 4) is 0 Å². The molecule has 0 aromatic rings. The van der Waals surface area contributed by atoms with Gasteiger partial charge in [-0.2, -0.15) is 0 Å². The van der Waals surface area contributed by atoms with Gasteiger partial charge in [-0.15, -0.1) is 0 Å². The molecule has 1 unspecified atom stereocenters. The SMILES string of the molecule is CCC(O)[C@@H](C)[C@H](OC)[C@@H](O[Si](C)(C)C(C)(C)C)C(=O)OC(C)(C)C. The summed E-state index contributed by atoms with van der Waals surface area (Å²) in [6.45, 7) is 19.9. The number of rotatable bonds is 8. The van der Waals surface area contributed by atoms with Crippen LogP contribution in [0.2, 0.25) is 18.1 Å². The van der Waals surface area contributed by atoms with E-state index in [1.807, 2.05) is 34.6 Å². The van der Waals surface area contributed by atoms with Crippen LogP contribution in [0.15, 0.2) is 0 Å². The van der Waals surface area contributed by atoms with Crippen molar-refractivity contribution in [3.05, 3.63) is 0 Å². The third kappa shape index (κ3) is 7.37. The molecule has 0 bridgehead atoms. The average molecular weight is 377 g/mol. The molecule has 150 valence electrons. The molecule has 0 aromatic carbocycles. The van der Waals surface area contributed by atoms with Gasteiger partial charge in [0, 0.05) is 13.0 Å². The van der Waals surface area contributed by atoms with Gasteiger partial charge in [-0.25, -0.2) is 4.79 Å². The second-order valence-corrected chi connectivity index (χ2v) is 14.1. The third-order valence-corrected chi connectivity index (χ3v) is 9.44. The Kier molecular flexibility index (Phi) is 8.82. The smallest absolute Gasteiger partial charge is 0.337 e. The molecule has 0 heterocycles. The maximum absolute atomic E-state index is 12.9. The molecular weight excluding hydrogens is 336 g/mol. The normalized spacial score (nSPS) is 18.4. The van der Waals surface area contributed by atoms with Gasteiger partial charge >= 0.3 is 5.97 Å². The highest BCUT2D eigenvalue weighted by Crippen LogP contribution is 2.38. The van der Waals surface area contributed by atoms with Crippen molar-refractivity contribution in [2.45, 2.75) is 104 Å². The molecule has 0 amide bonds. The first-order valence-corrected chi connectivity index (χ1v) is 12.1. The number of ether oxygens (including phenoxy) is 2. The zero-order chi connectivity index (χ0) is 20.2. The minimum Gasteiger partial charge on any atom is -0.458 e. The fourth-order valence-corrected chi connectivity index (χ4v) is 3.53. The quantitative estimate of drug-likeness (QED) is 0.509. The van der Waals surface area contributed by atoms with Gasteiger partial charge in [0.2, 0.25) is 0 Å². The first-order chi connectivity index (χ1) is 11.1. The van der Waals surface area contributed by atoms with Crippen LogP contribution in [0.1, 0.15) is 61.8 Å². The second kappa shape index (κ2) is 8.98. The zero-order valence-electron chi connectivity index (χ0n) is 18.1. The van der Waals surface area contributed by atoms with Crippen molar-refractivity contribution in [2.75, 3.05) is 7.11 Å². The van der Waals surface area contributed by atoms with E-state index in [0.29, 0.717) is 6.42 Å². The van der Waals surface area contributed by atoms with Crippen LogP contribution < -0.4 is 0 Å². The lowest BCUT2D eigenvalue weighted by Crippen LogP contribution is -2.54. The number of hydrogen-bond acceptors (Lipinski definition) is 5. The Morgan fingerprint density at radius 2 is 1.60 bits per heavy atom. The van der Waals surface area contributed by atoms with E-state index in [1.165, 1.54) is 0 Å². The Morgan fingerprint density at radius 1 is 1.12 bits per heavy atom. The molecule has 0 saturated carbocycles. The highest BCUT2D eigenvalue weighted by molar-refractivity contribution is 6.74. The van der Waals surface area contributed by atoms with E-state index in [1.54, 1.807) is 7.11 Å². The van der Waals surface area contributed by atoms with Crippen LogP contribution in [0.4, 0.5) is 0 Å². The predicted molar refractivity (Wildman–Crippen MR) is 104 cm³/mol. The molecule has 0 fully saturated rings. The Balaban J connectivity index is 5.76. The Morgan fingerprint density at radius 3 is 1.92 bits per heavy atom. The van der Waals surface area contributed by atoms with Crippen molar-refractivity contribution in [1.29, 1.82) is 0 Å². The van der Waals surface area contributed by atoms with E-state index in [4.69, 9.17) is 13.9 Å². The van der Waals surface area contributed by atoms with Crippen LogP contribution in [0.3, 0.4) is 0 Å². The fourth-order valence-electron chi connectivity index (χ4n) is 2.31. The van der Waals surface area contributed by atoms with Gasteiger partial charge in [0.05, 0.1) is 12.2 Å². The van der Waals surface area contributed by atoms with Crippen LogP contribution >= 0.6 is 0 Å². The van der Waals surface area contributed by atoms with E-state index in [2.05, 4.69) is 33.9 Å². The Bertz CT molecular complexity index is 423. The minimum absolute atomic E-state index is 0.0574. The van der Waals surface area contributed by atoms with Gasteiger partial charge in [0.15, 0.2) is 14.4 Å². The molecule has 0 aliphatic carbocycles. The molecular formula is C19H40O5Si. The topological polar surface area (TPSA) is 65.0 Å². The van der Waals surface area contributed by atoms with Gasteiger partial charge < -0.3 is 19.0 Å². The van der Waals surface area contributed by atoms with E-state index >= 15 is 0 Å². The lowest BCUT2D eigenvalue weighted by molar-refractivity contribution is -0.175. The highest BCUT2D eigenvalue weighted by atomic mass is 28.4. The van der Waals surface area contributed by atoms with Crippen LogP contribution in [-0.4, -0.2) is 50.4 Å². The van der Waals surface area contributed by atoms with Crippen molar-refractivity contribution in [3.63, 3.8) is 0 Å². The molecule has 5 nitrogen and oxygen atoms in total. The summed E-state index contributed by atoms with van der Waals surface area (Å²) in [4.78, 5) is 12.9. The molecule has 0 aromatic heterocycles. The van der Waals surface area contributed by atoms with Crippen molar-refractivity contribution < 1.29 is 23.8 Å². The standard InChI is InChI=1S/C19H40O5Si/c1-12-14(20)13(2)15(22-9)16(17(21)23-18(3,4)5)24-25(10,11)19(6,7)8/h13-16,20H,12H2,1-11H3/t13-,14?,15+,16-/m1/s1. The van der Waals surface area contributed by atoms with Gasteiger partial charge in [0.1, 0.15) is 5.60 Å². The summed E-state index contributed by atoms with van der Waals surface area (Å²) in [6.07, 6.45) is -1.42. The lowest BCUT2D eigenvalue weighted by atomic mass is 9.92. The summed E-state index contributed by atoms with van der Waals surface area (Å²) < 4.78 is 17.6. The van der Waals surface area contributed by atoms with Crippen molar-refractivity contribution in [1.82, 2.24) is 0 Å². The molecule has 0 radical (unpaired) electrons. The van der Waals surface area contributed by atoms with Gasteiger partial charge in [-0.1, -0.05) is 34.6 Å². The first kappa shape index (κ1) is 24.6. The zero-order valence-corrected chi connectivity index (χ0v) is 19.1. The highest BCUT2D eigenvalue weighted by Gasteiger charge is 2.46.